The molecule has 0 aliphatic rings. The van der Waals surface area contributed by atoms with Gasteiger partial charge in [0.2, 0.25) is 0 Å². The van der Waals surface area contributed by atoms with E-state index in [1.807, 2.05) is 9.80 Å². The molecule has 0 spiro atoms. The molecule has 0 saturated carbocycles. The Hall–Kier alpha value is 6.41. The molecule has 4 N–H and O–H groups in total. The minimum Gasteiger partial charge on any atom is -0.862 e. The fourth-order valence-electron chi connectivity index (χ4n) is 11.5. The minimum absolute atomic E-state index is 0. The van der Waals surface area contributed by atoms with Gasteiger partial charge in [0.25, 0.3) is 0 Å². The second-order valence-corrected chi connectivity index (χ2v) is 26.9. The molecule has 0 atom stereocenters. The molecule has 40 heteroatoms. The van der Waals surface area contributed by atoms with Gasteiger partial charge < -0.3 is 139 Å². The van der Waals surface area contributed by atoms with E-state index < -0.39 is 47.8 Å². The van der Waals surface area contributed by atoms with E-state index >= 15 is 0 Å². The van der Waals surface area contributed by atoms with Crippen LogP contribution in [0.5, 0.6) is 0 Å². The van der Waals surface area contributed by atoms with Crippen LogP contribution in [0.25, 0.3) is 0 Å². The summed E-state index contributed by atoms with van der Waals surface area (Å²) in [6.45, 7) is 7.70. The molecule has 0 saturated heterocycles. The number of unbranched alkanes of at least 4 members (excludes halogenated alkanes) is 21. The summed E-state index contributed by atoms with van der Waals surface area (Å²) in [5.74, 6) is -10.6. The van der Waals surface area contributed by atoms with Gasteiger partial charge in [0.05, 0.1) is 51.9 Å². The van der Waals surface area contributed by atoms with E-state index in [4.69, 9.17) is 29.9 Å². The van der Waals surface area contributed by atoms with Crippen LogP contribution < -0.4 is 452 Å². The van der Waals surface area contributed by atoms with Crippen LogP contribution in [0, 0.1) is 0 Å². The first-order valence-corrected chi connectivity index (χ1v) is 38.9. The first-order valence-electron chi connectivity index (χ1n) is 38.9. The zero-order valence-corrected chi connectivity index (χ0v) is 96.4. The average molecular weight is 1820 g/mol. The molecule has 32 nitrogen and oxygen atoms in total. The van der Waals surface area contributed by atoms with Gasteiger partial charge in [-0.25, -0.2) is 0 Å². The number of ether oxygens (including phenoxy) is 2. The largest absolute Gasteiger partial charge is 1.00 e. The molecule has 0 aliphatic carbocycles. The molecule has 0 amide bonds. The Kier molecular flexibility index (Phi) is 123. The van der Waals surface area contributed by atoms with Crippen molar-refractivity contribution in [3.8, 4) is 0 Å². The number of rotatable bonds is 81. The van der Waals surface area contributed by atoms with Gasteiger partial charge in [0.1, 0.15) is 0 Å². The Morgan fingerprint density at radius 2 is 0.351 bits per heavy atom. The third-order valence-electron chi connectivity index (χ3n) is 17.8. The van der Waals surface area contributed by atoms with Gasteiger partial charge in [-0.1, -0.05) is 116 Å². The number of carboxylic acids is 8. The van der Waals surface area contributed by atoms with Crippen molar-refractivity contribution in [3.05, 3.63) is 0 Å². The van der Waals surface area contributed by atoms with Gasteiger partial charge in [-0.2, -0.15) is 0 Å². The zero-order valence-electron chi connectivity index (χ0n) is 71.5. The summed E-state index contributed by atoms with van der Waals surface area (Å²) in [6.07, 6.45) is 24.7. The Balaban J connectivity index is -0.00000197. The van der Waals surface area contributed by atoms with E-state index in [2.05, 4.69) is 20.0 Å². The van der Waals surface area contributed by atoms with E-state index in [9.17, 15) is 79.2 Å². The van der Waals surface area contributed by atoms with Crippen molar-refractivity contribution >= 4 is 71.3 Å². The van der Waals surface area contributed by atoms with Crippen LogP contribution in [0.15, 0.2) is 20.0 Å². The first-order chi connectivity index (χ1) is 50.9. The van der Waals surface area contributed by atoms with E-state index in [-0.39, 0.29) is 616 Å². The molecule has 0 aliphatic heterocycles. The molecule has 0 aromatic carbocycles. The second kappa shape index (κ2) is 102. The number of aliphatic carboxylic acids is 8. The maximum atomic E-state index is 12.8. The number of carbonyl (C=O) groups is 8. The van der Waals surface area contributed by atoms with Gasteiger partial charge in [0.15, 0.2) is 0 Å². The zero-order chi connectivity index (χ0) is 78.5. The Bertz CT molecular complexity index is 2120. The maximum absolute atomic E-state index is 12.8. The van der Waals surface area contributed by atoms with Gasteiger partial charge >= 0.3 is 435 Å². The average Bonchev–Trinajstić information content (AvgIpc) is 0.959. The molecule has 614 valence electrons. The summed E-state index contributed by atoms with van der Waals surface area (Å²) in [5, 5.41) is 131. The number of hydrogen-bond donors (Lipinski definition) is 4. The number of nitrogens with zero attached hydrogens (tertiary/aromatic N) is 10. The smallest absolute Gasteiger partial charge is 0.862 e. The molecular formula is C74H128K8N10O22. The second-order valence-electron chi connectivity index (χ2n) is 26.9. The summed E-state index contributed by atoms with van der Waals surface area (Å²) in [5.41, 5.74) is 0. The number of aliphatic imine (C=N–C) groups is 4. The molecule has 0 aromatic heterocycles. The first kappa shape index (κ1) is 138. The maximum Gasteiger partial charge on any atom is 1.00 e. The summed E-state index contributed by atoms with van der Waals surface area (Å²) in [4.78, 5) is 115. The molecule has 0 heterocycles. The molecule has 0 fully saturated rings. The fourth-order valence-corrected chi connectivity index (χ4v) is 11.5. The Morgan fingerprint density at radius 3 is 0.526 bits per heavy atom. The van der Waals surface area contributed by atoms with Gasteiger partial charge in [-0.3, -0.25) is 19.2 Å². The number of hydrogen-bond acceptors (Lipinski definition) is 28. The summed E-state index contributed by atoms with van der Waals surface area (Å²) >= 11 is 0. The normalized spacial score (nSPS) is 11.6. The van der Waals surface area contributed by atoms with Crippen LogP contribution in [0.2, 0.25) is 0 Å². The predicted molar refractivity (Wildman–Crippen MR) is 386 cm³/mol. The van der Waals surface area contributed by atoms with Gasteiger partial charge in [-0.15, -0.1) is 0 Å². The van der Waals surface area contributed by atoms with Crippen LogP contribution in [0.4, 0.5) is 0 Å². The summed E-state index contributed by atoms with van der Waals surface area (Å²) in [7, 11) is 0. The molecule has 0 bridgehead atoms. The van der Waals surface area contributed by atoms with Crippen LogP contribution in [-0.2, 0) is 47.8 Å². The van der Waals surface area contributed by atoms with Gasteiger partial charge in [-0.05, 0) is 127 Å². The predicted octanol–water partition coefficient (Wildman–Crippen LogP) is -24.7. The Morgan fingerprint density at radius 1 is 0.202 bits per heavy atom. The molecule has 0 radical (unpaired) electrons. The van der Waals surface area contributed by atoms with Crippen molar-refractivity contribution in [3.63, 3.8) is 0 Å². The van der Waals surface area contributed by atoms with Crippen molar-refractivity contribution in [1.82, 2.24) is 29.4 Å². The molecule has 114 heavy (non-hydrogen) atoms. The third-order valence-corrected chi connectivity index (χ3v) is 17.8. The third kappa shape index (κ3) is 104. The van der Waals surface area contributed by atoms with Crippen molar-refractivity contribution in [1.29, 1.82) is 0 Å². The quantitative estimate of drug-likeness (QED) is 0.0190. The van der Waals surface area contributed by atoms with Crippen LogP contribution in [-0.4, -0.2) is 292 Å². The van der Waals surface area contributed by atoms with Crippen LogP contribution >= 0.6 is 0 Å². The number of carbonyl (C=O) groups excluding carboxylic acids is 4. The van der Waals surface area contributed by atoms with Crippen molar-refractivity contribution in [2.24, 2.45) is 20.0 Å². The van der Waals surface area contributed by atoms with E-state index in [1.165, 1.54) is 38.5 Å². The molecule has 0 rings (SSSR count). The van der Waals surface area contributed by atoms with Crippen LogP contribution in [0.3, 0.4) is 0 Å². The van der Waals surface area contributed by atoms with Crippen LogP contribution in [0.1, 0.15) is 231 Å². The summed E-state index contributed by atoms with van der Waals surface area (Å²) in [6, 6.07) is 0. The van der Waals surface area contributed by atoms with E-state index in [1.54, 1.807) is 19.6 Å². The fraction of sp³-hybridized carbons (Fsp3) is 0.838. The molecule has 0 unspecified atom stereocenters. The van der Waals surface area contributed by atoms with E-state index in [0.717, 1.165) is 142 Å². The SMILES string of the molecule is O=C([O-])CCN(CCN=C([O-])CCN(CCCCCCCCCCOCCCCCCCCCCOCCCCCCCCCCN(CCC([O-])=NCCN(CCC(=O)O)CCC(=O)O)CCC([O-])=NCCN(CCC(=O)O)CCC(=O)O)CCC([O-])=NCCN(CCC(=O)[O-])CCC(=O)[O-])CCC(=O)[O-].[K+].[K+].[K+].[K+].[K+].[K+].[K+].[K+]. The van der Waals surface area contributed by atoms with Crippen molar-refractivity contribution < 1.29 is 520 Å². The monoisotopic (exact) mass is 1820 g/mol. The topological polar surface area (TPSA) is 489 Å². The molecular weight excluding hydrogens is 1690 g/mol. The van der Waals surface area contributed by atoms with Gasteiger partial charge in [0, 0.05) is 155 Å². The Labute approximate surface area is 1020 Å². The van der Waals surface area contributed by atoms with E-state index in [0.29, 0.717) is 39.3 Å². The molecule has 0 aromatic rings. The number of carboxylic acid groups (broad SMARTS) is 8. The standard InChI is InChI=1S/C74H136N10O22.8K/c85-63(75-37-55-81(47-29-67(89)90)48-30-68(91)92)25-43-79(44-26-64(86)76-38-56-82(49-31-69(93)94)50-32-70(95)96)41-19-13-7-1-3-9-15-21-59-105-61-23-17-11-5-6-12-18-24-62-106-60-22-16-10-4-2-8-14-20-42-80(45-27-65(87)77-39-57-83(51-33-71(97)98)52-34-72(99)100)46-28-66(88)78-40-58-84(53-35-73(101)102)54-36-74(103)104;;;;;;;;/h1-62H2,(H,75,85)(H,76,86)(H,77,87)(H,78,88)(H,89,90)(H,91,92)(H,93,94)(H,95,96)(H,97,98)(H,99,100)(H,101,102)(H,103,104);;;;;;;;/q;8*+1/p-8. The minimum atomic E-state index is -1.28. The van der Waals surface area contributed by atoms with Crippen molar-refractivity contribution in [2.45, 2.75) is 231 Å². The summed E-state index contributed by atoms with van der Waals surface area (Å²) < 4.78 is 11.8. The van der Waals surface area contributed by atoms with Crippen molar-refractivity contribution in [2.75, 3.05) is 170 Å².